The summed E-state index contributed by atoms with van der Waals surface area (Å²) in [6, 6.07) is 4.98. The van der Waals surface area contributed by atoms with Crippen molar-refractivity contribution < 1.29 is 10.2 Å². The predicted octanol–water partition coefficient (Wildman–Crippen LogP) is 0.586. The lowest BCUT2D eigenvalue weighted by Gasteiger charge is -2.15. The fourth-order valence-corrected chi connectivity index (χ4v) is 1.18. The zero-order valence-corrected chi connectivity index (χ0v) is 8.02. The summed E-state index contributed by atoms with van der Waals surface area (Å²) in [6.45, 7) is 0. The molecule has 0 radical (unpaired) electrons. The minimum absolute atomic E-state index is 0.109. The molecular weight excluding hydrogens is 204 g/mol. The number of halogens is 1. The number of pyridine rings is 1. The molecule has 2 unspecified atom stereocenters. The van der Waals surface area contributed by atoms with E-state index in [2.05, 4.69) is 4.98 Å². The molecule has 2 atom stereocenters. The third kappa shape index (κ3) is 2.20. The van der Waals surface area contributed by atoms with Crippen molar-refractivity contribution >= 4 is 11.6 Å². The van der Waals surface area contributed by atoms with Crippen molar-refractivity contribution in [1.82, 2.24) is 4.98 Å². The van der Waals surface area contributed by atoms with E-state index >= 15 is 0 Å². The van der Waals surface area contributed by atoms with E-state index in [1.54, 1.807) is 6.07 Å². The normalized spacial score (nSPS) is 14.4. The van der Waals surface area contributed by atoms with E-state index in [4.69, 9.17) is 16.9 Å². The highest BCUT2D eigenvalue weighted by Gasteiger charge is 2.21. The first-order valence-electron chi connectivity index (χ1n) is 3.97. The summed E-state index contributed by atoms with van der Waals surface area (Å²) in [7, 11) is 0. The molecule has 2 N–H and O–H groups in total. The van der Waals surface area contributed by atoms with E-state index in [1.807, 2.05) is 6.07 Å². The van der Waals surface area contributed by atoms with Gasteiger partial charge in [0.25, 0.3) is 0 Å². The molecule has 1 aromatic heterocycles. The highest BCUT2D eigenvalue weighted by atomic mass is 35.5. The molecule has 1 aromatic rings. The van der Waals surface area contributed by atoms with Crippen LogP contribution in [0.3, 0.4) is 0 Å². The van der Waals surface area contributed by atoms with E-state index in [0.29, 0.717) is 0 Å². The molecule has 0 aliphatic carbocycles. The fraction of sp³-hybridized carbons (Fsp3) is 0.333. The lowest BCUT2D eigenvalue weighted by atomic mass is 10.1. The van der Waals surface area contributed by atoms with Crippen LogP contribution in [0, 0.1) is 11.3 Å². The van der Waals surface area contributed by atoms with Crippen LogP contribution in [0.25, 0.3) is 0 Å². The van der Waals surface area contributed by atoms with Crippen molar-refractivity contribution in [2.75, 3.05) is 5.88 Å². The first kappa shape index (κ1) is 10.9. The van der Waals surface area contributed by atoms with Gasteiger partial charge in [-0.15, -0.1) is 11.6 Å². The number of aliphatic hydroxyl groups is 2. The quantitative estimate of drug-likeness (QED) is 0.719. The molecule has 0 aliphatic heterocycles. The minimum atomic E-state index is -1.22. The summed E-state index contributed by atoms with van der Waals surface area (Å²) in [5.41, 5.74) is 0.396. The average Bonchev–Trinajstić information content (AvgIpc) is 2.26. The van der Waals surface area contributed by atoms with Crippen molar-refractivity contribution in [1.29, 1.82) is 5.26 Å². The first-order chi connectivity index (χ1) is 6.70. The second-order valence-electron chi connectivity index (χ2n) is 2.71. The third-order valence-corrected chi connectivity index (χ3v) is 2.08. The molecule has 14 heavy (non-hydrogen) atoms. The van der Waals surface area contributed by atoms with Crippen LogP contribution >= 0.6 is 11.6 Å². The van der Waals surface area contributed by atoms with Crippen LogP contribution in [0.4, 0.5) is 0 Å². The number of hydrogen-bond acceptors (Lipinski definition) is 4. The summed E-state index contributed by atoms with van der Waals surface area (Å²) in [6.07, 6.45) is -0.887. The van der Waals surface area contributed by atoms with Gasteiger partial charge in [0.15, 0.2) is 0 Å². The topological polar surface area (TPSA) is 77.1 Å². The molecule has 1 heterocycles. The van der Waals surface area contributed by atoms with Gasteiger partial charge < -0.3 is 10.2 Å². The van der Waals surface area contributed by atoms with Crippen LogP contribution in [0.15, 0.2) is 18.3 Å². The minimum Gasteiger partial charge on any atom is -0.389 e. The van der Waals surface area contributed by atoms with E-state index < -0.39 is 12.2 Å². The number of nitriles is 1. The first-order valence-corrected chi connectivity index (χ1v) is 4.51. The van der Waals surface area contributed by atoms with Crippen molar-refractivity contribution in [3.8, 4) is 6.07 Å². The number of alkyl halides is 1. The predicted molar refractivity (Wildman–Crippen MR) is 50.6 cm³/mol. The fourth-order valence-electron chi connectivity index (χ4n) is 1.01. The van der Waals surface area contributed by atoms with Crippen LogP contribution in [0.1, 0.15) is 17.4 Å². The van der Waals surface area contributed by atoms with Gasteiger partial charge in [0.1, 0.15) is 12.2 Å². The SMILES string of the molecule is N#Cc1cccnc1C(O)C(O)CCl. The van der Waals surface area contributed by atoms with Gasteiger partial charge in [-0.2, -0.15) is 5.26 Å². The highest BCUT2D eigenvalue weighted by Crippen LogP contribution is 2.18. The summed E-state index contributed by atoms with van der Waals surface area (Å²) in [5, 5.41) is 27.5. The largest absolute Gasteiger partial charge is 0.389 e. The van der Waals surface area contributed by atoms with Crippen molar-refractivity contribution in [3.05, 3.63) is 29.6 Å². The van der Waals surface area contributed by atoms with Crippen LogP contribution < -0.4 is 0 Å². The summed E-state index contributed by atoms with van der Waals surface area (Å²) in [4.78, 5) is 3.83. The van der Waals surface area contributed by atoms with E-state index in [0.717, 1.165) is 0 Å². The zero-order valence-electron chi connectivity index (χ0n) is 7.26. The van der Waals surface area contributed by atoms with Gasteiger partial charge in [-0.1, -0.05) is 0 Å². The van der Waals surface area contributed by atoms with E-state index in [-0.39, 0.29) is 17.1 Å². The molecule has 0 saturated carbocycles. The molecule has 74 valence electrons. The molecular formula is C9H9ClN2O2. The molecule has 0 aliphatic rings. The van der Waals surface area contributed by atoms with Crippen molar-refractivity contribution in [3.63, 3.8) is 0 Å². The second-order valence-corrected chi connectivity index (χ2v) is 3.02. The molecule has 1 rings (SSSR count). The Labute approximate surface area is 86.4 Å². The van der Waals surface area contributed by atoms with Gasteiger partial charge in [0.05, 0.1) is 23.2 Å². The van der Waals surface area contributed by atoms with Gasteiger partial charge in [-0.25, -0.2) is 0 Å². The van der Waals surface area contributed by atoms with Crippen LogP contribution in [0.5, 0.6) is 0 Å². The van der Waals surface area contributed by atoms with Crippen LogP contribution in [-0.4, -0.2) is 27.2 Å². The van der Waals surface area contributed by atoms with Crippen molar-refractivity contribution in [2.24, 2.45) is 0 Å². The number of hydrogen-bond donors (Lipinski definition) is 2. The maximum absolute atomic E-state index is 9.55. The Balaban J connectivity index is 3.01. The molecule has 5 heteroatoms. The smallest absolute Gasteiger partial charge is 0.124 e. The molecule has 0 saturated heterocycles. The van der Waals surface area contributed by atoms with Gasteiger partial charge >= 0.3 is 0 Å². The third-order valence-electron chi connectivity index (χ3n) is 1.76. The number of nitrogens with zero attached hydrogens (tertiary/aromatic N) is 2. The van der Waals surface area contributed by atoms with Crippen molar-refractivity contribution in [2.45, 2.75) is 12.2 Å². The van der Waals surface area contributed by atoms with E-state index in [9.17, 15) is 10.2 Å². The van der Waals surface area contributed by atoms with Crippen LogP contribution in [-0.2, 0) is 0 Å². The van der Waals surface area contributed by atoms with Crippen LogP contribution in [0.2, 0.25) is 0 Å². The highest BCUT2D eigenvalue weighted by molar-refractivity contribution is 6.18. The lowest BCUT2D eigenvalue weighted by molar-refractivity contribution is 0.0298. The van der Waals surface area contributed by atoms with Gasteiger partial charge in [-0.3, -0.25) is 4.98 Å². The number of aromatic nitrogens is 1. The Morgan fingerprint density at radius 2 is 2.29 bits per heavy atom. The maximum Gasteiger partial charge on any atom is 0.124 e. The Bertz CT molecular complexity index is 351. The maximum atomic E-state index is 9.55. The second kappa shape index (κ2) is 4.91. The Morgan fingerprint density at radius 1 is 1.57 bits per heavy atom. The standard InChI is InChI=1S/C9H9ClN2O2/c10-4-7(13)9(14)8-6(5-11)2-1-3-12-8/h1-3,7,9,13-14H,4H2. The zero-order chi connectivity index (χ0) is 10.6. The molecule has 0 bridgehead atoms. The molecule has 0 amide bonds. The Hall–Kier alpha value is -1.15. The van der Waals surface area contributed by atoms with Gasteiger partial charge in [-0.05, 0) is 12.1 Å². The average molecular weight is 213 g/mol. The monoisotopic (exact) mass is 212 g/mol. The summed E-state index contributed by atoms with van der Waals surface area (Å²) >= 11 is 5.37. The molecule has 4 nitrogen and oxygen atoms in total. The lowest BCUT2D eigenvalue weighted by Crippen LogP contribution is -2.21. The Morgan fingerprint density at radius 3 is 2.86 bits per heavy atom. The van der Waals surface area contributed by atoms with Gasteiger partial charge in [0, 0.05) is 6.20 Å². The number of aliphatic hydroxyl groups excluding tert-OH is 2. The molecule has 0 fully saturated rings. The summed E-state index contributed by atoms with van der Waals surface area (Å²) < 4.78 is 0. The summed E-state index contributed by atoms with van der Waals surface area (Å²) in [5.74, 6) is -0.109. The molecule has 0 spiro atoms. The van der Waals surface area contributed by atoms with Gasteiger partial charge in [0.2, 0.25) is 0 Å². The molecule has 0 aromatic carbocycles. The number of rotatable bonds is 3. The Kier molecular flexibility index (Phi) is 3.84. The van der Waals surface area contributed by atoms with E-state index in [1.165, 1.54) is 12.3 Å².